The molecule has 0 unspecified atom stereocenters. The molecule has 0 aliphatic carbocycles. The maximum absolute atomic E-state index is 13.1. The van der Waals surface area contributed by atoms with Crippen molar-refractivity contribution in [3.05, 3.63) is 77.6 Å². The van der Waals surface area contributed by atoms with Crippen molar-refractivity contribution in [3.8, 4) is 34.3 Å². The number of benzene rings is 3. The van der Waals surface area contributed by atoms with Gasteiger partial charge in [-0.05, 0) is 48.5 Å². The van der Waals surface area contributed by atoms with Crippen LogP contribution in [0, 0.1) is 0 Å². The minimum absolute atomic E-state index is 0.0291. The lowest BCUT2D eigenvalue weighted by Gasteiger charge is -2.10. The zero-order valence-corrected chi connectivity index (χ0v) is 19.0. The molecule has 168 valence electrons. The Labute approximate surface area is 195 Å². The van der Waals surface area contributed by atoms with E-state index in [4.69, 9.17) is 25.8 Å². The van der Waals surface area contributed by atoms with E-state index in [0.717, 1.165) is 5.56 Å². The molecule has 1 heterocycles. The molecule has 0 saturated carbocycles. The second kappa shape index (κ2) is 9.62. The molecule has 0 bridgehead atoms. The number of nitrogens with one attached hydrogen (secondary N) is 1. The fourth-order valence-electron chi connectivity index (χ4n) is 3.21. The average Bonchev–Trinajstić information content (AvgIpc) is 3.30. The minimum atomic E-state index is -0.501. The van der Waals surface area contributed by atoms with Crippen LogP contribution in [0.25, 0.3) is 17.1 Å². The van der Waals surface area contributed by atoms with Gasteiger partial charge in [0.05, 0.1) is 37.7 Å². The third kappa shape index (κ3) is 4.61. The number of amides is 1. The Morgan fingerprint density at radius 1 is 0.909 bits per heavy atom. The van der Waals surface area contributed by atoms with Crippen LogP contribution in [0.3, 0.4) is 0 Å². The highest BCUT2D eigenvalue weighted by Gasteiger charge is 2.21. The van der Waals surface area contributed by atoms with Crippen LogP contribution in [0.5, 0.6) is 17.2 Å². The van der Waals surface area contributed by atoms with Gasteiger partial charge in [0.1, 0.15) is 17.2 Å². The summed E-state index contributed by atoms with van der Waals surface area (Å²) in [6.45, 7) is 0. The summed E-state index contributed by atoms with van der Waals surface area (Å²) in [6.07, 6.45) is 0. The summed E-state index contributed by atoms with van der Waals surface area (Å²) in [6, 6.07) is 19.6. The Morgan fingerprint density at radius 3 is 2.27 bits per heavy atom. The lowest BCUT2D eigenvalue weighted by molar-refractivity contribution is 0.101. The summed E-state index contributed by atoms with van der Waals surface area (Å²) in [5, 5.41) is 7.73. The van der Waals surface area contributed by atoms with Crippen molar-refractivity contribution in [1.29, 1.82) is 0 Å². The maximum Gasteiger partial charge on any atom is 0.295 e. The Morgan fingerprint density at radius 2 is 1.61 bits per heavy atom. The first kappa shape index (κ1) is 22.2. The second-order valence-electron chi connectivity index (χ2n) is 6.87. The molecule has 0 spiro atoms. The number of methoxy groups -OCH3 is 3. The summed E-state index contributed by atoms with van der Waals surface area (Å²) >= 11 is 6.42. The highest BCUT2D eigenvalue weighted by Crippen LogP contribution is 2.30. The summed E-state index contributed by atoms with van der Waals surface area (Å²) in [5.74, 6) is 1.68. The number of carbonyl (C=O) groups excluding carboxylic acids is 1. The molecular formula is C24H21ClN4O4. The van der Waals surface area contributed by atoms with Crippen molar-refractivity contribution < 1.29 is 19.0 Å². The van der Waals surface area contributed by atoms with Gasteiger partial charge < -0.3 is 19.5 Å². The third-order valence-corrected chi connectivity index (χ3v) is 5.22. The van der Waals surface area contributed by atoms with Gasteiger partial charge in [-0.25, -0.2) is 9.67 Å². The van der Waals surface area contributed by atoms with E-state index in [1.807, 2.05) is 36.4 Å². The maximum atomic E-state index is 13.1. The standard InChI is InChI=1S/C24H21ClN4O4/c1-31-16-10-8-15(9-11-16)23-27-22(28-29(23)20-7-5-4-6-18(20)25)24(30)26-19-13-12-17(32-2)14-21(19)33-3/h4-14H,1-3H3,(H,26,30). The molecule has 4 aromatic rings. The zero-order chi connectivity index (χ0) is 23.4. The summed E-state index contributed by atoms with van der Waals surface area (Å²) < 4.78 is 17.3. The molecule has 8 nitrogen and oxygen atoms in total. The molecule has 33 heavy (non-hydrogen) atoms. The molecule has 0 aliphatic heterocycles. The van der Waals surface area contributed by atoms with Crippen molar-refractivity contribution in [1.82, 2.24) is 14.8 Å². The van der Waals surface area contributed by atoms with E-state index in [9.17, 15) is 4.79 Å². The van der Waals surface area contributed by atoms with E-state index in [1.54, 1.807) is 49.2 Å². The Balaban J connectivity index is 1.75. The fraction of sp³-hybridized carbons (Fsp3) is 0.125. The fourth-order valence-corrected chi connectivity index (χ4v) is 3.42. The second-order valence-corrected chi connectivity index (χ2v) is 7.28. The zero-order valence-electron chi connectivity index (χ0n) is 18.2. The first-order valence-corrected chi connectivity index (χ1v) is 10.3. The van der Waals surface area contributed by atoms with Crippen molar-refractivity contribution in [3.63, 3.8) is 0 Å². The number of halogens is 1. The van der Waals surface area contributed by atoms with E-state index < -0.39 is 5.91 Å². The summed E-state index contributed by atoms with van der Waals surface area (Å²) in [7, 11) is 4.66. The normalized spacial score (nSPS) is 10.5. The molecular weight excluding hydrogens is 444 g/mol. The lowest BCUT2D eigenvalue weighted by Crippen LogP contribution is -2.15. The lowest BCUT2D eigenvalue weighted by atomic mass is 10.2. The van der Waals surface area contributed by atoms with Gasteiger partial charge in [-0.3, -0.25) is 4.79 Å². The number of ether oxygens (including phenoxy) is 3. The monoisotopic (exact) mass is 464 g/mol. The minimum Gasteiger partial charge on any atom is -0.497 e. The average molecular weight is 465 g/mol. The number of rotatable bonds is 7. The quantitative estimate of drug-likeness (QED) is 0.420. The van der Waals surface area contributed by atoms with Crippen molar-refractivity contribution in [2.45, 2.75) is 0 Å². The Kier molecular flexibility index (Phi) is 6.46. The van der Waals surface area contributed by atoms with Crippen LogP contribution < -0.4 is 19.5 Å². The number of para-hydroxylation sites is 1. The topological polar surface area (TPSA) is 87.5 Å². The Hall–Kier alpha value is -4.04. The van der Waals surface area contributed by atoms with Gasteiger partial charge >= 0.3 is 0 Å². The molecule has 1 aromatic heterocycles. The summed E-state index contributed by atoms with van der Waals surface area (Å²) in [5.41, 5.74) is 1.80. The van der Waals surface area contributed by atoms with Crippen LogP contribution >= 0.6 is 11.6 Å². The van der Waals surface area contributed by atoms with E-state index in [-0.39, 0.29) is 5.82 Å². The highest BCUT2D eigenvalue weighted by atomic mass is 35.5. The van der Waals surface area contributed by atoms with Gasteiger partial charge in [-0.15, -0.1) is 5.10 Å². The molecule has 1 N–H and O–H groups in total. The van der Waals surface area contributed by atoms with Gasteiger partial charge in [0, 0.05) is 11.6 Å². The molecule has 3 aromatic carbocycles. The van der Waals surface area contributed by atoms with Crippen molar-refractivity contribution in [2.75, 3.05) is 26.6 Å². The summed E-state index contributed by atoms with van der Waals surface area (Å²) in [4.78, 5) is 17.6. The molecule has 0 aliphatic rings. The molecule has 4 rings (SSSR count). The van der Waals surface area contributed by atoms with E-state index in [1.165, 1.54) is 7.11 Å². The van der Waals surface area contributed by atoms with Gasteiger partial charge in [0.2, 0.25) is 5.82 Å². The van der Waals surface area contributed by atoms with E-state index in [0.29, 0.717) is 39.5 Å². The molecule has 0 saturated heterocycles. The molecule has 0 radical (unpaired) electrons. The number of anilines is 1. The highest BCUT2D eigenvalue weighted by molar-refractivity contribution is 6.32. The predicted octanol–water partition coefficient (Wildman–Crippen LogP) is 4.87. The van der Waals surface area contributed by atoms with Gasteiger partial charge in [-0.2, -0.15) is 0 Å². The van der Waals surface area contributed by atoms with Crippen LogP contribution in [0.15, 0.2) is 66.7 Å². The SMILES string of the molecule is COc1ccc(-c2nc(C(=O)Nc3ccc(OC)cc3OC)nn2-c2ccccc2Cl)cc1. The van der Waals surface area contributed by atoms with Crippen LogP contribution in [0.1, 0.15) is 10.6 Å². The van der Waals surface area contributed by atoms with Gasteiger partial charge in [0.25, 0.3) is 5.91 Å². The number of hydrogen-bond acceptors (Lipinski definition) is 6. The number of carbonyl (C=O) groups is 1. The molecule has 1 amide bonds. The number of hydrogen-bond donors (Lipinski definition) is 1. The van der Waals surface area contributed by atoms with E-state index in [2.05, 4.69) is 15.4 Å². The van der Waals surface area contributed by atoms with Crippen LogP contribution in [0.4, 0.5) is 5.69 Å². The van der Waals surface area contributed by atoms with Crippen LogP contribution in [-0.2, 0) is 0 Å². The largest absolute Gasteiger partial charge is 0.497 e. The van der Waals surface area contributed by atoms with Crippen molar-refractivity contribution >= 4 is 23.2 Å². The Bertz CT molecular complexity index is 1290. The van der Waals surface area contributed by atoms with Crippen LogP contribution in [-0.4, -0.2) is 42.0 Å². The van der Waals surface area contributed by atoms with Crippen molar-refractivity contribution in [2.24, 2.45) is 0 Å². The first-order valence-electron chi connectivity index (χ1n) is 9.94. The number of nitrogens with zero attached hydrogens (tertiary/aromatic N) is 3. The first-order chi connectivity index (χ1) is 16.0. The smallest absolute Gasteiger partial charge is 0.295 e. The molecule has 0 fully saturated rings. The van der Waals surface area contributed by atoms with E-state index >= 15 is 0 Å². The molecule has 9 heteroatoms. The molecule has 0 atom stereocenters. The van der Waals surface area contributed by atoms with Gasteiger partial charge in [-0.1, -0.05) is 23.7 Å². The van der Waals surface area contributed by atoms with Crippen LogP contribution in [0.2, 0.25) is 5.02 Å². The predicted molar refractivity (Wildman–Crippen MR) is 126 cm³/mol. The third-order valence-electron chi connectivity index (χ3n) is 4.90. The van der Waals surface area contributed by atoms with Gasteiger partial charge in [0.15, 0.2) is 5.82 Å². The number of aromatic nitrogens is 3.